The molecule has 2 bridgehead atoms. The number of furan rings is 1. The van der Waals surface area contributed by atoms with Gasteiger partial charge < -0.3 is 20.0 Å². The van der Waals surface area contributed by atoms with Gasteiger partial charge >= 0.3 is 0 Å². The number of quaternary nitrogens is 1. The number of benzene rings is 1. The van der Waals surface area contributed by atoms with Crippen molar-refractivity contribution in [1.82, 2.24) is 5.32 Å². The predicted molar refractivity (Wildman–Crippen MR) is 108 cm³/mol. The highest BCUT2D eigenvalue weighted by Crippen LogP contribution is 2.24. The van der Waals surface area contributed by atoms with Crippen LogP contribution in [-0.4, -0.2) is 23.2 Å². The van der Waals surface area contributed by atoms with Crippen molar-refractivity contribution >= 4 is 23.0 Å². The van der Waals surface area contributed by atoms with Crippen LogP contribution < -0.4 is 15.5 Å². The fourth-order valence-electron chi connectivity index (χ4n) is 4.85. The third-order valence-corrected chi connectivity index (χ3v) is 6.04. The first-order valence-electron chi connectivity index (χ1n) is 9.60. The first-order chi connectivity index (χ1) is 12.6. The highest BCUT2D eigenvalue weighted by Gasteiger charge is 2.44. The third kappa shape index (κ3) is 3.94. The number of piperidine rings is 1. The van der Waals surface area contributed by atoms with Gasteiger partial charge in [0.25, 0.3) is 0 Å². The van der Waals surface area contributed by atoms with Crippen molar-refractivity contribution in [3.8, 4) is 0 Å². The van der Waals surface area contributed by atoms with Crippen LogP contribution in [0.15, 0.2) is 41.0 Å². The second-order valence-electron chi connectivity index (χ2n) is 7.95. The Kier molecular flexibility index (Phi) is 5.00. The van der Waals surface area contributed by atoms with Gasteiger partial charge in [-0.25, -0.2) is 0 Å². The zero-order valence-corrected chi connectivity index (χ0v) is 16.4. The summed E-state index contributed by atoms with van der Waals surface area (Å²) in [6.45, 7) is 5.24. The molecule has 3 heterocycles. The van der Waals surface area contributed by atoms with Crippen molar-refractivity contribution in [2.24, 2.45) is 0 Å². The van der Waals surface area contributed by atoms with E-state index in [9.17, 15) is 0 Å². The second-order valence-corrected chi connectivity index (χ2v) is 8.35. The van der Waals surface area contributed by atoms with Gasteiger partial charge in [0, 0.05) is 37.4 Å². The molecule has 0 radical (unpaired) electrons. The lowest BCUT2D eigenvalue weighted by Crippen LogP contribution is -3.17. The quantitative estimate of drug-likeness (QED) is 0.724. The summed E-state index contributed by atoms with van der Waals surface area (Å²) in [6, 6.07) is 12.4. The number of thiocarbonyl (C=S) groups is 1. The van der Waals surface area contributed by atoms with E-state index in [0.717, 1.165) is 23.1 Å². The van der Waals surface area contributed by atoms with Gasteiger partial charge in [0.05, 0.1) is 18.3 Å². The molecule has 26 heavy (non-hydrogen) atoms. The van der Waals surface area contributed by atoms with Gasteiger partial charge in [-0.1, -0.05) is 6.07 Å². The fraction of sp³-hybridized carbons (Fsp3) is 0.476. The van der Waals surface area contributed by atoms with Crippen LogP contribution in [0.2, 0.25) is 0 Å². The first kappa shape index (κ1) is 17.6. The van der Waals surface area contributed by atoms with Gasteiger partial charge in [-0.15, -0.1) is 0 Å². The third-order valence-electron chi connectivity index (χ3n) is 5.82. The van der Waals surface area contributed by atoms with Crippen LogP contribution in [0.1, 0.15) is 42.6 Å². The summed E-state index contributed by atoms with van der Waals surface area (Å²) in [5.74, 6) is 1.11. The van der Waals surface area contributed by atoms with E-state index in [2.05, 4.69) is 48.7 Å². The molecule has 3 N–H and O–H groups in total. The Balaban J connectivity index is 1.33. The molecular weight excluding hydrogens is 342 g/mol. The van der Waals surface area contributed by atoms with E-state index in [0.29, 0.717) is 18.1 Å². The molecule has 2 saturated heterocycles. The van der Waals surface area contributed by atoms with Crippen molar-refractivity contribution in [2.45, 2.75) is 64.2 Å². The van der Waals surface area contributed by atoms with Gasteiger partial charge in [0.2, 0.25) is 0 Å². The van der Waals surface area contributed by atoms with Crippen LogP contribution in [0, 0.1) is 13.8 Å². The lowest BCUT2D eigenvalue weighted by Gasteiger charge is -2.36. The van der Waals surface area contributed by atoms with E-state index < -0.39 is 0 Å². The zero-order valence-electron chi connectivity index (χ0n) is 15.5. The number of nitrogens with one attached hydrogen (secondary N) is 3. The smallest absolute Gasteiger partial charge is 0.171 e. The first-order valence-corrected chi connectivity index (χ1v) is 10.0. The minimum Gasteiger partial charge on any atom is -0.463 e. The maximum absolute atomic E-state index is 5.58. The number of anilines is 1. The van der Waals surface area contributed by atoms with Crippen molar-refractivity contribution in [1.29, 1.82) is 0 Å². The number of fused-ring (bicyclic) bond motifs is 2. The van der Waals surface area contributed by atoms with E-state index in [-0.39, 0.29) is 0 Å². The van der Waals surface area contributed by atoms with Gasteiger partial charge in [0.1, 0.15) is 6.54 Å². The molecule has 0 spiro atoms. The summed E-state index contributed by atoms with van der Waals surface area (Å²) >= 11 is 5.58. The molecule has 1 aromatic carbocycles. The number of hydrogen-bond donors (Lipinski definition) is 3. The van der Waals surface area contributed by atoms with Crippen LogP contribution in [-0.2, 0) is 6.54 Å². The summed E-state index contributed by atoms with van der Waals surface area (Å²) in [4.78, 5) is 1.70. The molecule has 2 aromatic rings. The SMILES string of the molecule is Cc1cc(C)cc(NC(=S)NC2C[C@H]3CC[C@@H](C2)[NH+]3Cc2ccco2)c1. The molecule has 4 nitrogen and oxygen atoms in total. The molecular formula is C21H28N3OS+. The molecule has 138 valence electrons. The van der Waals surface area contributed by atoms with E-state index in [4.69, 9.17) is 16.6 Å². The van der Waals surface area contributed by atoms with E-state index >= 15 is 0 Å². The van der Waals surface area contributed by atoms with E-state index in [1.807, 2.05) is 6.07 Å². The Morgan fingerprint density at radius 1 is 1.15 bits per heavy atom. The average molecular weight is 371 g/mol. The van der Waals surface area contributed by atoms with E-state index in [1.54, 1.807) is 11.2 Å². The molecule has 1 aromatic heterocycles. The fourth-order valence-corrected chi connectivity index (χ4v) is 5.13. The van der Waals surface area contributed by atoms with Crippen LogP contribution in [0.5, 0.6) is 0 Å². The Bertz CT molecular complexity index is 739. The van der Waals surface area contributed by atoms with Crippen LogP contribution in [0.4, 0.5) is 5.69 Å². The highest BCUT2D eigenvalue weighted by molar-refractivity contribution is 7.80. The number of aryl methyl sites for hydroxylation is 2. The molecule has 0 amide bonds. The summed E-state index contributed by atoms with van der Waals surface area (Å²) in [6.07, 6.45) is 6.77. The second kappa shape index (κ2) is 7.41. The Morgan fingerprint density at radius 3 is 2.46 bits per heavy atom. The minimum absolute atomic E-state index is 0.471. The topological polar surface area (TPSA) is 41.6 Å². The zero-order chi connectivity index (χ0) is 18.1. The molecule has 2 fully saturated rings. The Morgan fingerprint density at radius 2 is 1.85 bits per heavy atom. The van der Waals surface area contributed by atoms with E-state index in [1.165, 1.54) is 36.8 Å². The number of hydrogen-bond acceptors (Lipinski definition) is 2. The summed E-state index contributed by atoms with van der Waals surface area (Å²) < 4.78 is 5.57. The highest BCUT2D eigenvalue weighted by atomic mass is 32.1. The van der Waals surface area contributed by atoms with Crippen molar-refractivity contribution in [2.75, 3.05) is 5.32 Å². The summed E-state index contributed by atoms with van der Waals surface area (Å²) in [5, 5.41) is 7.68. The lowest BCUT2D eigenvalue weighted by molar-refractivity contribution is -0.955. The largest absolute Gasteiger partial charge is 0.463 e. The maximum atomic E-state index is 5.58. The van der Waals surface area contributed by atoms with Gasteiger partial charge in [-0.3, -0.25) is 0 Å². The molecule has 4 rings (SSSR count). The molecule has 4 atom stereocenters. The normalized spacial score (nSPS) is 27.3. The molecule has 0 aliphatic carbocycles. The van der Waals surface area contributed by atoms with Gasteiger partial charge in [-0.05, 0) is 61.5 Å². The van der Waals surface area contributed by atoms with Crippen molar-refractivity contribution < 1.29 is 9.32 Å². The number of rotatable bonds is 4. The van der Waals surface area contributed by atoms with Gasteiger partial charge in [0.15, 0.2) is 10.9 Å². The summed E-state index contributed by atoms with van der Waals surface area (Å²) in [5.41, 5.74) is 3.58. The standard InChI is InChI=1S/C21H27N3OS/c1-14-8-15(2)10-16(9-14)22-21(26)23-17-11-18-5-6-19(12-17)24(18)13-20-4-3-7-25-20/h3-4,7-10,17-19H,5-6,11-13H2,1-2H3,(H2,22,23,26)/p+1/t17?,18-,19+. The van der Waals surface area contributed by atoms with Crippen LogP contribution in [0.3, 0.4) is 0 Å². The molecule has 2 aliphatic rings. The molecule has 0 saturated carbocycles. The Hall–Kier alpha value is -1.85. The molecule has 2 unspecified atom stereocenters. The lowest BCUT2D eigenvalue weighted by atomic mass is 9.97. The summed E-state index contributed by atoms with van der Waals surface area (Å²) in [7, 11) is 0. The minimum atomic E-state index is 0.471. The van der Waals surface area contributed by atoms with Gasteiger partial charge in [-0.2, -0.15) is 0 Å². The Labute approximate surface area is 161 Å². The van der Waals surface area contributed by atoms with Crippen LogP contribution >= 0.6 is 12.2 Å². The molecule has 2 aliphatic heterocycles. The average Bonchev–Trinajstić information content (AvgIpc) is 3.14. The maximum Gasteiger partial charge on any atom is 0.171 e. The van der Waals surface area contributed by atoms with Crippen molar-refractivity contribution in [3.05, 3.63) is 53.5 Å². The molecule has 5 heteroatoms. The van der Waals surface area contributed by atoms with Crippen molar-refractivity contribution in [3.63, 3.8) is 0 Å². The predicted octanol–water partition coefficient (Wildman–Crippen LogP) is 2.96. The monoisotopic (exact) mass is 370 g/mol. The van der Waals surface area contributed by atoms with Crippen LogP contribution in [0.25, 0.3) is 0 Å².